The van der Waals surface area contributed by atoms with Crippen LogP contribution in [-0.2, 0) is 11.3 Å². The van der Waals surface area contributed by atoms with Crippen molar-refractivity contribution in [1.82, 2.24) is 24.5 Å². The average Bonchev–Trinajstić information content (AvgIpc) is 3.49. The van der Waals surface area contributed by atoms with Crippen LogP contribution in [-0.4, -0.2) is 74.5 Å². The van der Waals surface area contributed by atoms with E-state index in [1.165, 1.54) is 6.20 Å². The van der Waals surface area contributed by atoms with Crippen molar-refractivity contribution in [3.63, 3.8) is 0 Å². The highest BCUT2D eigenvalue weighted by Crippen LogP contribution is 2.42. The zero-order valence-corrected chi connectivity index (χ0v) is 27.9. The standard InChI is InChI=1S/C34H35ClN10O3/c1-34(2,3)48-33(46)44-19-24-13-25(44)18-42(24)28-12-21(14-36)11-27(29(28)35)39-31-40-30-22(15-37)16-38-45(30)32(41-31)43(23-7-8-23)17-20-5-9-26(47-4)10-6-20/h5-6,9-12,16,23-25H,7-8,13,17-19H2,1-4H3,(H,39,40)/t24-,25-/m1/s1. The Hall–Kier alpha value is -5.27. The molecule has 4 heterocycles. The fourth-order valence-corrected chi connectivity index (χ4v) is 6.73. The number of benzene rings is 2. The molecule has 1 N–H and O–H groups in total. The van der Waals surface area contributed by atoms with Crippen molar-refractivity contribution in [3.05, 3.63) is 64.3 Å². The average molecular weight is 667 g/mol. The molecule has 7 rings (SSSR count). The highest BCUT2D eigenvalue weighted by molar-refractivity contribution is 6.36. The van der Waals surface area contributed by atoms with Gasteiger partial charge < -0.3 is 29.5 Å². The van der Waals surface area contributed by atoms with Crippen LogP contribution in [0, 0.1) is 22.7 Å². The second kappa shape index (κ2) is 12.1. The summed E-state index contributed by atoms with van der Waals surface area (Å²) in [7, 11) is 1.64. The first kappa shape index (κ1) is 31.3. The molecule has 14 heteroatoms. The van der Waals surface area contributed by atoms with Gasteiger partial charge in [0.2, 0.25) is 11.9 Å². The van der Waals surface area contributed by atoms with E-state index in [1.54, 1.807) is 28.7 Å². The fraction of sp³-hybridized carbons (Fsp3) is 0.412. The van der Waals surface area contributed by atoms with E-state index in [0.717, 1.165) is 30.6 Å². The van der Waals surface area contributed by atoms with E-state index >= 15 is 0 Å². The van der Waals surface area contributed by atoms with Gasteiger partial charge in [-0.05, 0) is 69.9 Å². The van der Waals surface area contributed by atoms with Crippen LogP contribution >= 0.6 is 11.6 Å². The molecule has 2 aliphatic heterocycles. The minimum atomic E-state index is -0.579. The number of likely N-dealkylation sites (tertiary alicyclic amines) is 1. The molecule has 2 bridgehead atoms. The number of aromatic nitrogens is 4. The smallest absolute Gasteiger partial charge is 0.410 e. The molecule has 13 nitrogen and oxygen atoms in total. The summed E-state index contributed by atoms with van der Waals surface area (Å²) < 4.78 is 12.6. The molecule has 2 aromatic heterocycles. The molecular weight excluding hydrogens is 632 g/mol. The van der Waals surface area contributed by atoms with Gasteiger partial charge in [-0.2, -0.15) is 30.1 Å². The Balaban J connectivity index is 1.21. The van der Waals surface area contributed by atoms with Crippen LogP contribution in [0.15, 0.2) is 42.6 Å². The summed E-state index contributed by atoms with van der Waals surface area (Å²) in [5.74, 6) is 1.53. The summed E-state index contributed by atoms with van der Waals surface area (Å²) in [5.41, 5.74) is 2.71. The molecule has 2 saturated heterocycles. The third-order valence-corrected chi connectivity index (χ3v) is 9.23. The van der Waals surface area contributed by atoms with E-state index in [4.69, 9.17) is 26.1 Å². The highest BCUT2D eigenvalue weighted by Gasteiger charge is 2.47. The lowest BCUT2D eigenvalue weighted by Gasteiger charge is -2.37. The van der Waals surface area contributed by atoms with Crippen molar-refractivity contribution < 1.29 is 14.3 Å². The third kappa shape index (κ3) is 5.98. The minimum Gasteiger partial charge on any atom is -0.497 e. The first-order chi connectivity index (χ1) is 23.0. The molecule has 3 aliphatic rings. The monoisotopic (exact) mass is 666 g/mol. The van der Waals surface area contributed by atoms with E-state index in [2.05, 4.69) is 37.3 Å². The van der Waals surface area contributed by atoms with Gasteiger partial charge in [0.05, 0.1) is 47.4 Å². The van der Waals surface area contributed by atoms with Crippen LogP contribution < -0.4 is 19.9 Å². The summed E-state index contributed by atoms with van der Waals surface area (Å²) in [6, 6.07) is 16.0. The number of carbonyl (C=O) groups is 1. The SMILES string of the molecule is COc1ccc(CN(c2nc(Nc3cc(C#N)cc(N4C[C@H]5C[C@@H]4CN5C(=O)OC(C)(C)C)c3Cl)nc3c(C#N)cnn23)C2CC2)cc1. The van der Waals surface area contributed by atoms with Gasteiger partial charge >= 0.3 is 6.09 Å². The number of nitriles is 2. The summed E-state index contributed by atoms with van der Waals surface area (Å²) in [6.45, 7) is 7.20. The summed E-state index contributed by atoms with van der Waals surface area (Å²) >= 11 is 7.08. The number of halogens is 1. The maximum Gasteiger partial charge on any atom is 0.410 e. The number of hydrogen-bond acceptors (Lipinski definition) is 11. The lowest BCUT2D eigenvalue weighted by molar-refractivity contribution is 0.0214. The van der Waals surface area contributed by atoms with Gasteiger partial charge in [-0.15, -0.1) is 0 Å². The molecule has 2 atom stereocenters. The third-order valence-electron chi connectivity index (χ3n) is 8.83. The summed E-state index contributed by atoms with van der Waals surface area (Å²) in [6.07, 6.45) is 3.95. The molecular formula is C34H35ClN10O3. The van der Waals surface area contributed by atoms with Gasteiger partial charge in [-0.1, -0.05) is 23.7 Å². The lowest BCUT2D eigenvalue weighted by Crippen LogP contribution is -2.50. The maximum atomic E-state index is 12.8. The number of nitrogens with zero attached hydrogens (tertiary/aromatic N) is 9. The molecule has 1 amide bonds. The zero-order valence-electron chi connectivity index (χ0n) is 27.1. The molecule has 48 heavy (non-hydrogen) atoms. The van der Waals surface area contributed by atoms with Gasteiger partial charge in [-0.25, -0.2) is 4.79 Å². The Morgan fingerprint density at radius 3 is 2.50 bits per heavy atom. The molecule has 1 aliphatic carbocycles. The molecule has 246 valence electrons. The molecule has 0 radical (unpaired) electrons. The van der Waals surface area contributed by atoms with Gasteiger partial charge in [0.25, 0.3) is 0 Å². The molecule has 1 saturated carbocycles. The quantitative estimate of drug-likeness (QED) is 0.249. The van der Waals surface area contributed by atoms with Crippen LogP contribution in [0.1, 0.15) is 56.7 Å². The van der Waals surface area contributed by atoms with Crippen LogP contribution in [0.5, 0.6) is 5.75 Å². The Bertz CT molecular complexity index is 1970. The van der Waals surface area contributed by atoms with Crippen molar-refractivity contribution in [1.29, 1.82) is 10.5 Å². The maximum absolute atomic E-state index is 12.8. The first-order valence-corrected chi connectivity index (χ1v) is 16.3. The Labute approximate surface area is 283 Å². The van der Waals surface area contributed by atoms with Crippen LogP contribution in [0.2, 0.25) is 5.02 Å². The minimum absolute atomic E-state index is 0.0241. The van der Waals surface area contributed by atoms with Crippen molar-refractivity contribution in [2.75, 3.05) is 35.3 Å². The number of rotatable bonds is 8. The largest absolute Gasteiger partial charge is 0.497 e. The Kier molecular flexibility index (Phi) is 7.88. The predicted octanol–water partition coefficient (Wildman–Crippen LogP) is 5.64. The van der Waals surface area contributed by atoms with Crippen molar-refractivity contribution >= 4 is 46.6 Å². The normalized spacial score (nSPS) is 18.5. The number of hydrogen-bond donors (Lipinski definition) is 1. The fourth-order valence-electron chi connectivity index (χ4n) is 6.46. The molecule has 4 aromatic rings. The van der Waals surface area contributed by atoms with Gasteiger partial charge in [0, 0.05) is 31.7 Å². The summed E-state index contributed by atoms with van der Waals surface area (Å²) in [5, 5.41) is 28.0. The Morgan fingerprint density at radius 1 is 1.10 bits per heavy atom. The van der Waals surface area contributed by atoms with Crippen molar-refractivity contribution in [3.8, 4) is 17.9 Å². The van der Waals surface area contributed by atoms with E-state index in [0.29, 0.717) is 58.8 Å². The highest BCUT2D eigenvalue weighted by atomic mass is 35.5. The molecule has 0 unspecified atom stereocenters. The predicted molar refractivity (Wildman–Crippen MR) is 180 cm³/mol. The number of anilines is 4. The number of piperazine rings is 1. The second-order valence-electron chi connectivity index (χ2n) is 13.4. The van der Waals surface area contributed by atoms with Crippen molar-refractivity contribution in [2.24, 2.45) is 0 Å². The number of carbonyl (C=O) groups excluding carboxylic acids is 1. The first-order valence-electron chi connectivity index (χ1n) is 15.9. The van der Waals surface area contributed by atoms with Gasteiger partial charge in [-0.3, -0.25) is 0 Å². The second-order valence-corrected chi connectivity index (χ2v) is 13.8. The van der Waals surface area contributed by atoms with Crippen LogP contribution in [0.4, 0.5) is 28.1 Å². The number of fused-ring (bicyclic) bond motifs is 3. The Morgan fingerprint density at radius 2 is 1.88 bits per heavy atom. The topological polar surface area (TPSA) is 148 Å². The van der Waals surface area contributed by atoms with Gasteiger partial charge in [0.15, 0.2) is 5.65 Å². The number of nitrogens with one attached hydrogen (secondary N) is 1. The molecule has 0 spiro atoms. The van der Waals surface area contributed by atoms with E-state index < -0.39 is 5.60 Å². The van der Waals surface area contributed by atoms with Crippen LogP contribution in [0.25, 0.3) is 5.65 Å². The molecule has 2 aromatic carbocycles. The van der Waals surface area contributed by atoms with Crippen LogP contribution in [0.3, 0.4) is 0 Å². The van der Waals surface area contributed by atoms with Crippen molar-refractivity contribution in [2.45, 2.75) is 70.3 Å². The van der Waals surface area contributed by atoms with E-state index in [9.17, 15) is 15.3 Å². The summed E-state index contributed by atoms with van der Waals surface area (Å²) in [4.78, 5) is 28.5. The number of methoxy groups -OCH3 is 1. The number of amides is 1. The lowest BCUT2D eigenvalue weighted by atomic mass is 10.1. The van der Waals surface area contributed by atoms with E-state index in [1.807, 2.05) is 45.0 Å². The number of ether oxygens (including phenoxy) is 2. The zero-order chi connectivity index (χ0) is 33.7. The van der Waals surface area contributed by atoms with E-state index in [-0.39, 0.29) is 30.2 Å². The van der Waals surface area contributed by atoms with Gasteiger partial charge in [0.1, 0.15) is 23.0 Å². The molecule has 3 fully saturated rings.